The molecule has 0 bridgehead atoms. The Hall–Kier alpha value is -3.73. The smallest absolute Gasteiger partial charge is 0.266 e. The number of carbonyl (C=O) groups excluding carboxylic acids is 1. The number of aromatic nitrogens is 2. The van der Waals surface area contributed by atoms with Crippen molar-refractivity contribution in [1.82, 2.24) is 14.5 Å². The maximum Gasteiger partial charge on any atom is 0.266 e. The van der Waals surface area contributed by atoms with Crippen LogP contribution in [0.2, 0.25) is 0 Å². The molecule has 1 atom stereocenters. The van der Waals surface area contributed by atoms with Gasteiger partial charge in [-0.05, 0) is 69.5 Å². The number of carbonyl (C=O) groups is 1. The van der Waals surface area contributed by atoms with Crippen LogP contribution < -0.4 is 5.56 Å². The second-order valence-corrected chi connectivity index (χ2v) is 9.26. The van der Waals surface area contributed by atoms with Crippen LogP contribution >= 0.6 is 0 Å². The molecule has 1 unspecified atom stereocenters. The van der Waals surface area contributed by atoms with Crippen molar-refractivity contribution in [2.24, 2.45) is 0 Å². The van der Waals surface area contributed by atoms with Gasteiger partial charge in [-0.25, -0.2) is 4.98 Å². The highest BCUT2D eigenvalue weighted by Gasteiger charge is 2.28. The number of fused-ring (bicyclic) bond motifs is 1. The standard InChI is InChI=1S/C30H33N3O2/c1-6-7-18-32(29(34)24-13-9-8-12-21(24)3)23(5)28-31-26-15-11-10-14-25(26)30(35)33(28)27-17-16-20(2)19-22(27)4/h8-17,19,23H,6-7,18H2,1-5H3. The first-order chi connectivity index (χ1) is 16.8. The number of benzene rings is 3. The molecule has 0 fully saturated rings. The van der Waals surface area contributed by atoms with Crippen molar-refractivity contribution in [3.8, 4) is 5.69 Å². The average Bonchev–Trinajstić information content (AvgIpc) is 2.85. The highest BCUT2D eigenvalue weighted by Crippen LogP contribution is 2.27. The Labute approximate surface area is 207 Å². The molecule has 5 nitrogen and oxygen atoms in total. The summed E-state index contributed by atoms with van der Waals surface area (Å²) >= 11 is 0. The summed E-state index contributed by atoms with van der Waals surface area (Å²) in [5.74, 6) is 0.525. The summed E-state index contributed by atoms with van der Waals surface area (Å²) in [6.07, 6.45) is 1.82. The van der Waals surface area contributed by atoms with Crippen LogP contribution in [0.15, 0.2) is 71.5 Å². The molecule has 0 aliphatic heterocycles. The predicted octanol–water partition coefficient (Wildman–Crippen LogP) is 6.31. The van der Waals surface area contributed by atoms with E-state index in [1.54, 1.807) is 4.57 Å². The quantitative estimate of drug-likeness (QED) is 0.320. The van der Waals surface area contributed by atoms with Crippen LogP contribution in [0, 0.1) is 20.8 Å². The third kappa shape index (κ3) is 4.76. The second-order valence-electron chi connectivity index (χ2n) is 9.26. The first-order valence-corrected chi connectivity index (χ1v) is 12.3. The van der Waals surface area contributed by atoms with Crippen molar-refractivity contribution < 1.29 is 4.79 Å². The minimum absolute atomic E-state index is 0.0429. The minimum Gasteiger partial charge on any atom is -0.329 e. The van der Waals surface area contributed by atoms with Gasteiger partial charge in [-0.2, -0.15) is 0 Å². The number of hydrogen-bond acceptors (Lipinski definition) is 3. The molecule has 5 heteroatoms. The summed E-state index contributed by atoms with van der Waals surface area (Å²) < 4.78 is 1.70. The predicted molar refractivity (Wildman–Crippen MR) is 142 cm³/mol. The van der Waals surface area contributed by atoms with Crippen LogP contribution in [0.5, 0.6) is 0 Å². The largest absolute Gasteiger partial charge is 0.329 e. The lowest BCUT2D eigenvalue weighted by atomic mass is 10.1. The van der Waals surface area contributed by atoms with E-state index in [2.05, 4.69) is 13.0 Å². The van der Waals surface area contributed by atoms with Crippen LogP contribution in [0.1, 0.15) is 65.6 Å². The SMILES string of the molecule is CCCCN(C(=O)c1ccccc1C)C(C)c1nc2ccccc2c(=O)n1-c1ccc(C)cc1C. The first-order valence-electron chi connectivity index (χ1n) is 12.3. The fourth-order valence-corrected chi connectivity index (χ4v) is 4.63. The Bertz CT molecular complexity index is 1440. The van der Waals surface area contributed by atoms with E-state index in [1.165, 1.54) is 0 Å². The Morgan fingerprint density at radius 2 is 1.69 bits per heavy atom. The van der Waals surface area contributed by atoms with Crippen LogP contribution in [0.4, 0.5) is 0 Å². The zero-order chi connectivity index (χ0) is 25.1. The van der Waals surface area contributed by atoms with Gasteiger partial charge in [0.05, 0.1) is 22.6 Å². The highest BCUT2D eigenvalue weighted by molar-refractivity contribution is 5.96. The van der Waals surface area contributed by atoms with Crippen molar-refractivity contribution >= 4 is 16.8 Å². The monoisotopic (exact) mass is 467 g/mol. The molecule has 3 aromatic carbocycles. The number of para-hydroxylation sites is 1. The van der Waals surface area contributed by atoms with Crippen LogP contribution in [-0.2, 0) is 0 Å². The molecule has 4 aromatic rings. The normalized spacial score (nSPS) is 12.0. The maximum absolute atomic E-state index is 13.8. The molecule has 0 saturated carbocycles. The lowest BCUT2D eigenvalue weighted by Crippen LogP contribution is -2.38. The molecule has 0 saturated heterocycles. The molecule has 35 heavy (non-hydrogen) atoms. The number of aryl methyl sites for hydroxylation is 3. The van der Waals surface area contributed by atoms with Crippen molar-refractivity contribution in [1.29, 1.82) is 0 Å². The zero-order valence-corrected chi connectivity index (χ0v) is 21.2. The molecule has 0 radical (unpaired) electrons. The van der Waals surface area contributed by atoms with E-state index in [-0.39, 0.29) is 11.5 Å². The van der Waals surface area contributed by atoms with Crippen molar-refractivity contribution in [2.45, 2.75) is 53.5 Å². The van der Waals surface area contributed by atoms with E-state index in [1.807, 2.05) is 93.3 Å². The molecule has 0 aliphatic carbocycles. The van der Waals surface area contributed by atoms with Crippen LogP contribution in [-0.4, -0.2) is 26.9 Å². The maximum atomic E-state index is 13.8. The molecule has 0 spiro atoms. The van der Waals surface area contributed by atoms with Gasteiger partial charge in [-0.15, -0.1) is 0 Å². The fourth-order valence-electron chi connectivity index (χ4n) is 4.63. The Morgan fingerprint density at radius 3 is 2.40 bits per heavy atom. The molecular formula is C30H33N3O2. The van der Waals surface area contributed by atoms with Gasteiger partial charge in [0.15, 0.2) is 0 Å². The Balaban J connectivity index is 1.94. The van der Waals surface area contributed by atoms with Gasteiger partial charge in [0.1, 0.15) is 5.82 Å². The van der Waals surface area contributed by atoms with Gasteiger partial charge in [0.25, 0.3) is 11.5 Å². The van der Waals surface area contributed by atoms with Gasteiger partial charge in [0.2, 0.25) is 0 Å². The summed E-state index contributed by atoms with van der Waals surface area (Å²) in [6, 6.07) is 20.7. The molecule has 180 valence electrons. The number of rotatable bonds is 7. The molecule has 0 N–H and O–H groups in total. The topological polar surface area (TPSA) is 55.2 Å². The number of nitrogens with zero attached hydrogens (tertiary/aromatic N) is 3. The molecule has 4 rings (SSSR count). The van der Waals surface area contributed by atoms with E-state index in [0.717, 1.165) is 35.2 Å². The van der Waals surface area contributed by atoms with Crippen LogP contribution in [0.3, 0.4) is 0 Å². The first kappa shape index (κ1) is 24.4. The van der Waals surface area contributed by atoms with E-state index in [9.17, 15) is 9.59 Å². The molecule has 0 aliphatic rings. The molecular weight excluding hydrogens is 434 g/mol. The number of unbranched alkanes of at least 4 members (excludes halogenated alkanes) is 1. The van der Waals surface area contributed by atoms with Crippen molar-refractivity contribution in [3.05, 3.63) is 105 Å². The lowest BCUT2D eigenvalue weighted by Gasteiger charge is -2.31. The summed E-state index contributed by atoms with van der Waals surface area (Å²) in [4.78, 5) is 34.5. The highest BCUT2D eigenvalue weighted by atomic mass is 16.2. The minimum atomic E-state index is -0.410. The molecule has 1 aromatic heterocycles. The van der Waals surface area contributed by atoms with E-state index in [4.69, 9.17) is 4.98 Å². The summed E-state index contributed by atoms with van der Waals surface area (Å²) in [5, 5.41) is 0.564. The van der Waals surface area contributed by atoms with E-state index in [0.29, 0.717) is 28.8 Å². The van der Waals surface area contributed by atoms with Gasteiger partial charge < -0.3 is 4.90 Å². The fraction of sp³-hybridized carbons (Fsp3) is 0.300. The zero-order valence-electron chi connectivity index (χ0n) is 21.2. The second kappa shape index (κ2) is 10.3. The Kier molecular flexibility index (Phi) is 7.15. The van der Waals surface area contributed by atoms with E-state index >= 15 is 0 Å². The number of amides is 1. The van der Waals surface area contributed by atoms with Crippen LogP contribution in [0.25, 0.3) is 16.6 Å². The van der Waals surface area contributed by atoms with E-state index < -0.39 is 6.04 Å². The number of hydrogen-bond donors (Lipinski definition) is 0. The summed E-state index contributed by atoms with van der Waals surface area (Å²) in [7, 11) is 0. The summed E-state index contributed by atoms with van der Waals surface area (Å²) in [5.41, 5.74) is 5.04. The van der Waals surface area contributed by atoms with Gasteiger partial charge in [-0.1, -0.05) is 61.4 Å². The molecule has 1 amide bonds. The third-order valence-electron chi connectivity index (χ3n) is 6.62. The lowest BCUT2D eigenvalue weighted by molar-refractivity contribution is 0.0677. The third-order valence-corrected chi connectivity index (χ3v) is 6.62. The Morgan fingerprint density at radius 1 is 0.971 bits per heavy atom. The molecule has 1 heterocycles. The summed E-state index contributed by atoms with van der Waals surface area (Å²) in [6.45, 7) is 10.7. The van der Waals surface area contributed by atoms with Gasteiger partial charge in [-0.3, -0.25) is 14.2 Å². The van der Waals surface area contributed by atoms with Gasteiger partial charge in [0, 0.05) is 12.1 Å². The van der Waals surface area contributed by atoms with Crippen molar-refractivity contribution in [2.75, 3.05) is 6.54 Å². The average molecular weight is 468 g/mol. The van der Waals surface area contributed by atoms with Crippen molar-refractivity contribution in [3.63, 3.8) is 0 Å². The van der Waals surface area contributed by atoms with Gasteiger partial charge >= 0.3 is 0 Å².